The average molecular weight is 501 g/mol. The van der Waals surface area contributed by atoms with Crippen LogP contribution < -0.4 is 0 Å². The lowest BCUT2D eigenvalue weighted by Crippen LogP contribution is -2.07. The molecule has 0 aromatic heterocycles. The van der Waals surface area contributed by atoms with Gasteiger partial charge in [0, 0.05) is 5.39 Å². The standard InChI is InChI=1S/C34H28O4/c1-17(2)20-10-7-11-21(18(3)4)29(20)26-16-27(34(37)38)31-25(33(35)36)15-14-23-22-12-5-8-19-9-6-13-24(28(19)22)30(26)32(23)31/h5-18H,1-4H3,(H,35,36)(H,37,38). The van der Waals surface area contributed by atoms with Gasteiger partial charge in [-0.3, -0.25) is 0 Å². The van der Waals surface area contributed by atoms with E-state index in [9.17, 15) is 19.8 Å². The van der Waals surface area contributed by atoms with Crippen molar-refractivity contribution in [3.05, 3.63) is 95.1 Å². The first kappa shape index (κ1) is 23.9. The van der Waals surface area contributed by atoms with Crippen molar-refractivity contribution in [1.82, 2.24) is 0 Å². The number of fused-ring (bicyclic) bond motifs is 2. The third-order valence-corrected chi connectivity index (χ3v) is 7.85. The van der Waals surface area contributed by atoms with Crippen LogP contribution in [0, 0.1) is 0 Å². The van der Waals surface area contributed by atoms with E-state index in [-0.39, 0.29) is 28.3 Å². The smallest absolute Gasteiger partial charge is 0.336 e. The summed E-state index contributed by atoms with van der Waals surface area (Å²) in [6.45, 7) is 8.60. The fourth-order valence-corrected chi connectivity index (χ4v) is 6.25. The lowest BCUT2D eigenvalue weighted by Gasteiger charge is -2.24. The van der Waals surface area contributed by atoms with Gasteiger partial charge >= 0.3 is 11.9 Å². The number of carboxylic acid groups (broad SMARTS) is 2. The predicted molar refractivity (Wildman–Crippen MR) is 155 cm³/mol. The van der Waals surface area contributed by atoms with Crippen LogP contribution in [0.4, 0.5) is 0 Å². The molecule has 0 aliphatic carbocycles. The normalized spacial score (nSPS) is 12.1. The molecule has 0 fully saturated rings. The van der Waals surface area contributed by atoms with Crippen molar-refractivity contribution < 1.29 is 19.8 Å². The Balaban J connectivity index is 2.01. The van der Waals surface area contributed by atoms with Gasteiger partial charge in [-0.2, -0.15) is 0 Å². The van der Waals surface area contributed by atoms with E-state index in [0.717, 1.165) is 54.6 Å². The van der Waals surface area contributed by atoms with E-state index >= 15 is 0 Å². The maximum atomic E-state index is 12.8. The summed E-state index contributed by atoms with van der Waals surface area (Å²) in [5, 5.41) is 27.5. The molecule has 38 heavy (non-hydrogen) atoms. The van der Waals surface area contributed by atoms with Crippen LogP contribution in [-0.2, 0) is 0 Å². The van der Waals surface area contributed by atoms with Gasteiger partial charge in [-0.1, -0.05) is 88.4 Å². The Morgan fingerprint density at radius 2 is 1.13 bits per heavy atom. The summed E-state index contributed by atoms with van der Waals surface area (Å²) in [6.07, 6.45) is 0. The van der Waals surface area contributed by atoms with Crippen LogP contribution in [0.5, 0.6) is 0 Å². The van der Waals surface area contributed by atoms with Crippen molar-refractivity contribution in [2.75, 3.05) is 0 Å². The summed E-state index contributed by atoms with van der Waals surface area (Å²) in [4.78, 5) is 25.2. The zero-order valence-electron chi connectivity index (χ0n) is 21.8. The van der Waals surface area contributed by atoms with Crippen molar-refractivity contribution in [1.29, 1.82) is 0 Å². The number of hydrogen-bond donors (Lipinski definition) is 2. The second-order valence-electron chi connectivity index (χ2n) is 10.7. The molecule has 6 rings (SSSR count). The van der Waals surface area contributed by atoms with Gasteiger partial charge in [-0.25, -0.2) is 9.59 Å². The maximum Gasteiger partial charge on any atom is 0.336 e. The van der Waals surface area contributed by atoms with E-state index in [1.54, 1.807) is 12.1 Å². The van der Waals surface area contributed by atoms with Gasteiger partial charge < -0.3 is 10.2 Å². The molecule has 188 valence electrons. The molecule has 0 amide bonds. The Hall–Kier alpha value is -4.44. The monoisotopic (exact) mass is 500 g/mol. The van der Waals surface area contributed by atoms with Crippen LogP contribution in [0.25, 0.3) is 54.2 Å². The first-order chi connectivity index (χ1) is 18.2. The average Bonchev–Trinajstić information content (AvgIpc) is 2.90. The molecule has 0 unspecified atom stereocenters. The van der Waals surface area contributed by atoms with E-state index in [2.05, 4.69) is 64.1 Å². The molecule has 4 nitrogen and oxygen atoms in total. The van der Waals surface area contributed by atoms with Gasteiger partial charge in [-0.05, 0) is 83.9 Å². The summed E-state index contributed by atoms with van der Waals surface area (Å²) in [6, 6.07) is 23.7. The summed E-state index contributed by atoms with van der Waals surface area (Å²) < 4.78 is 0. The van der Waals surface area contributed by atoms with Crippen LogP contribution in [0.2, 0.25) is 0 Å². The van der Waals surface area contributed by atoms with Crippen LogP contribution >= 0.6 is 0 Å². The van der Waals surface area contributed by atoms with Gasteiger partial charge in [0.25, 0.3) is 0 Å². The highest BCUT2D eigenvalue weighted by Crippen LogP contribution is 2.48. The third kappa shape index (κ3) is 3.30. The highest BCUT2D eigenvalue weighted by molar-refractivity contribution is 6.38. The summed E-state index contributed by atoms with van der Waals surface area (Å²) in [5.74, 6) is -1.87. The third-order valence-electron chi connectivity index (χ3n) is 7.85. The second-order valence-corrected chi connectivity index (χ2v) is 10.7. The molecule has 0 heterocycles. The van der Waals surface area contributed by atoms with Crippen molar-refractivity contribution in [3.8, 4) is 11.1 Å². The molecule has 2 N–H and O–H groups in total. The minimum atomic E-state index is -1.14. The highest BCUT2D eigenvalue weighted by Gasteiger charge is 2.27. The Morgan fingerprint density at radius 1 is 0.579 bits per heavy atom. The number of hydrogen-bond acceptors (Lipinski definition) is 2. The van der Waals surface area contributed by atoms with Gasteiger partial charge in [-0.15, -0.1) is 0 Å². The van der Waals surface area contributed by atoms with Gasteiger partial charge in [0.05, 0.1) is 11.1 Å². The molecule has 0 spiro atoms. The lowest BCUT2D eigenvalue weighted by molar-refractivity contribution is 0.0695. The molecule has 0 radical (unpaired) electrons. The topological polar surface area (TPSA) is 74.6 Å². The molecule has 0 saturated carbocycles. The minimum absolute atomic E-state index is 0.00161. The van der Waals surface area contributed by atoms with E-state index in [4.69, 9.17) is 0 Å². The van der Waals surface area contributed by atoms with Crippen molar-refractivity contribution in [3.63, 3.8) is 0 Å². The first-order valence-electron chi connectivity index (χ1n) is 13.0. The molecule has 4 heteroatoms. The van der Waals surface area contributed by atoms with E-state index in [1.807, 2.05) is 24.3 Å². The quantitative estimate of drug-likeness (QED) is 0.183. The molecule has 0 atom stereocenters. The Labute approximate surface area is 220 Å². The zero-order chi connectivity index (χ0) is 26.9. The van der Waals surface area contributed by atoms with Crippen LogP contribution in [0.3, 0.4) is 0 Å². The molecule has 0 saturated heterocycles. The molecular weight excluding hydrogens is 472 g/mol. The van der Waals surface area contributed by atoms with Crippen molar-refractivity contribution in [2.24, 2.45) is 0 Å². The minimum Gasteiger partial charge on any atom is -0.478 e. The van der Waals surface area contributed by atoms with Crippen molar-refractivity contribution in [2.45, 2.75) is 39.5 Å². The summed E-state index contributed by atoms with van der Waals surface area (Å²) in [7, 11) is 0. The number of carboxylic acids is 2. The Morgan fingerprint density at radius 3 is 1.71 bits per heavy atom. The number of rotatable bonds is 5. The lowest BCUT2D eigenvalue weighted by atomic mass is 9.79. The largest absolute Gasteiger partial charge is 0.478 e. The van der Waals surface area contributed by atoms with Crippen LogP contribution in [0.1, 0.15) is 71.4 Å². The molecule has 0 bridgehead atoms. The zero-order valence-corrected chi connectivity index (χ0v) is 21.8. The van der Waals surface area contributed by atoms with Gasteiger partial charge in [0.1, 0.15) is 0 Å². The van der Waals surface area contributed by atoms with Crippen LogP contribution in [0.15, 0.2) is 72.8 Å². The predicted octanol–water partition coefficient (Wildman–Crippen LogP) is 9.05. The van der Waals surface area contributed by atoms with Gasteiger partial charge in [0.15, 0.2) is 0 Å². The summed E-state index contributed by atoms with van der Waals surface area (Å²) >= 11 is 0. The molecular formula is C34H28O4. The second kappa shape index (κ2) is 8.56. The molecule has 0 aliphatic rings. The summed E-state index contributed by atoms with van der Waals surface area (Å²) in [5.41, 5.74) is 4.18. The molecule has 6 aromatic rings. The SMILES string of the molecule is CC(C)c1cccc(C(C)C)c1-c1cc(C(=O)O)c2c(C(=O)O)ccc3c4cccc5cccc(c1c23)c54. The Bertz CT molecular complexity index is 1900. The number of benzene rings is 6. The van der Waals surface area contributed by atoms with Crippen LogP contribution in [-0.4, -0.2) is 22.2 Å². The van der Waals surface area contributed by atoms with Gasteiger partial charge in [0.2, 0.25) is 0 Å². The maximum absolute atomic E-state index is 12.8. The molecule has 6 aromatic carbocycles. The molecule has 0 aliphatic heterocycles. The number of aromatic carboxylic acids is 2. The highest BCUT2D eigenvalue weighted by atomic mass is 16.4. The van der Waals surface area contributed by atoms with E-state index in [1.165, 1.54) is 0 Å². The fourth-order valence-electron chi connectivity index (χ4n) is 6.25. The number of carbonyl (C=O) groups is 2. The Kier molecular flexibility index (Phi) is 5.39. The van der Waals surface area contributed by atoms with Crippen molar-refractivity contribution >= 4 is 55.0 Å². The van der Waals surface area contributed by atoms with E-state index < -0.39 is 11.9 Å². The first-order valence-corrected chi connectivity index (χ1v) is 13.0. The fraction of sp³-hybridized carbons (Fsp3) is 0.176. The van der Waals surface area contributed by atoms with E-state index in [0.29, 0.717) is 5.39 Å².